The van der Waals surface area contributed by atoms with Gasteiger partial charge in [-0.25, -0.2) is 4.98 Å². The number of nitrogens with two attached hydrogens (primary N) is 1. The third kappa shape index (κ3) is 3.79. The molecule has 1 unspecified atom stereocenters. The van der Waals surface area contributed by atoms with Gasteiger partial charge in [-0.3, -0.25) is 4.79 Å². The van der Waals surface area contributed by atoms with Crippen molar-refractivity contribution < 1.29 is 4.79 Å². The predicted octanol–water partition coefficient (Wildman–Crippen LogP) is 2.39. The second-order valence-electron chi connectivity index (χ2n) is 4.58. The second kappa shape index (κ2) is 5.84. The van der Waals surface area contributed by atoms with E-state index in [2.05, 4.69) is 16.4 Å². The van der Waals surface area contributed by atoms with E-state index in [-0.39, 0.29) is 11.9 Å². The Hall–Kier alpha value is -1.88. The van der Waals surface area contributed by atoms with E-state index in [1.165, 1.54) is 4.88 Å². The summed E-state index contributed by atoms with van der Waals surface area (Å²) in [5.41, 5.74) is 6.95. The van der Waals surface area contributed by atoms with Gasteiger partial charge in [-0.15, -0.1) is 11.3 Å². The van der Waals surface area contributed by atoms with Crippen LogP contribution in [0.3, 0.4) is 0 Å². The molecule has 0 aliphatic rings. The van der Waals surface area contributed by atoms with Crippen LogP contribution in [0.2, 0.25) is 0 Å². The Kier molecular flexibility index (Phi) is 4.16. The molecular formula is C14H17N3OS. The highest BCUT2D eigenvalue weighted by Gasteiger charge is 2.12. The molecule has 2 rings (SSSR count). The van der Waals surface area contributed by atoms with Crippen molar-refractivity contribution in [2.24, 2.45) is 0 Å². The lowest BCUT2D eigenvalue weighted by molar-refractivity contribution is 0.0940. The fraction of sp³-hybridized carbons (Fsp3) is 0.286. The van der Waals surface area contributed by atoms with Gasteiger partial charge in [0, 0.05) is 28.6 Å². The average Bonchev–Trinajstić information content (AvgIpc) is 2.80. The number of nitrogens with one attached hydrogen (secondary N) is 1. The quantitative estimate of drug-likeness (QED) is 0.900. The molecule has 0 aromatic carbocycles. The van der Waals surface area contributed by atoms with Crippen LogP contribution in [-0.2, 0) is 6.42 Å². The SMILES string of the molecule is Cc1cc(C(=O)NC(C)Cc2cccs2)cc(N)n1. The normalized spacial score (nSPS) is 12.1. The van der Waals surface area contributed by atoms with Gasteiger partial charge in [0.25, 0.3) is 5.91 Å². The summed E-state index contributed by atoms with van der Waals surface area (Å²) in [6.07, 6.45) is 0.836. The molecule has 1 atom stereocenters. The molecule has 0 fully saturated rings. The summed E-state index contributed by atoms with van der Waals surface area (Å²) in [7, 11) is 0. The predicted molar refractivity (Wildman–Crippen MR) is 78.3 cm³/mol. The van der Waals surface area contributed by atoms with Gasteiger partial charge in [-0.1, -0.05) is 6.07 Å². The number of carbonyl (C=O) groups is 1. The molecule has 0 bridgehead atoms. The van der Waals surface area contributed by atoms with Crippen LogP contribution in [0.1, 0.15) is 27.9 Å². The Morgan fingerprint density at radius 1 is 1.53 bits per heavy atom. The number of aryl methyl sites for hydroxylation is 1. The molecule has 5 heteroatoms. The molecule has 0 spiro atoms. The first-order valence-corrected chi connectivity index (χ1v) is 7.00. The van der Waals surface area contributed by atoms with Crippen LogP contribution in [0.15, 0.2) is 29.6 Å². The summed E-state index contributed by atoms with van der Waals surface area (Å²) in [5.74, 6) is 0.261. The van der Waals surface area contributed by atoms with Gasteiger partial charge in [0.1, 0.15) is 5.82 Å². The van der Waals surface area contributed by atoms with Crippen LogP contribution >= 0.6 is 11.3 Å². The van der Waals surface area contributed by atoms with Crippen molar-refractivity contribution in [1.82, 2.24) is 10.3 Å². The minimum absolute atomic E-state index is 0.0841. The van der Waals surface area contributed by atoms with Crippen molar-refractivity contribution in [3.05, 3.63) is 45.8 Å². The number of hydrogen-bond acceptors (Lipinski definition) is 4. The van der Waals surface area contributed by atoms with E-state index >= 15 is 0 Å². The Morgan fingerprint density at radius 2 is 2.32 bits per heavy atom. The summed E-state index contributed by atoms with van der Waals surface area (Å²) in [5, 5.41) is 5.01. The summed E-state index contributed by atoms with van der Waals surface area (Å²) in [4.78, 5) is 17.4. The van der Waals surface area contributed by atoms with Crippen LogP contribution in [0.5, 0.6) is 0 Å². The highest BCUT2D eigenvalue weighted by molar-refractivity contribution is 7.09. The summed E-state index contributed by atoms with van der Waals surface area (Å²) in [6, 6.07) is 7.51. The Bertz CT molecular complexity index is 546. The summed E-state index contributed by atoms with van der Waals surface area (Å²) >= 11 is 1.70. The van der Waals surface area contributed by atoms with E-state index in [9.17, 15) is 4.79 Å². The van der Waals surface area contributed by atoms with Crippen molar-refractivity contribution in [2.45, 2.75) is 26.3 Å². The Morgan fingerprint density at radius 3 is 2.95 bits per heavy atom. The van der Waals surface area contributed by atoms with Crippen molar-refractivity contribution in [1.29, 1.82) is 0 Å². The van der Waals surface area contributed by atoms with E-state index < -0.39 is 0 Å². The number of aromatic nitrogens is 1. The smallest absolute Gasteiger partial charge is 0.251 e. The lowest BCUT2D eigenvalue weighted by atomic mass is 10.1. The highest BCUT2D eigenvalue weighted by Crippen LogP contribution is 2.12. The third-order valence-electron chi connectivity index (χ3n) is 2.70. The molecule has 19 heavy (non-hydrogen) atoms. The number of nitrogen functional groups attached to an aromatic ring is 1. The number of rotatable bonds is 4. The minimum atomic E-state index is -0.110. The van der Waals surface area contributed by atoms with Crippen LogP contribution in [-0.4, -0.2) is 16.9 Å². The summed E-state index contributed by atoms with van der Waals surface area (Å²) < 4.78 is 0. The molecule has 3 N–H and O–H groups in total. The molecule has 1 amide bonds. The van der Waals surface area contributed by atoms with Crippen LogP contribution in [0.25, 0.3) is 0 Å². The van der Waals surface area contributed by atoms with Crippen molar-refractivity contribution in [3.8, 4) is 0 Å². The third-order valence-corrected chi connectivity index (χ3v) is 3.60. The molecule has 0 saturated heterocycles. The maximum atomic E-state index is 12.1. The molecule has 2 aromatic heterocycles. The van der Waals surface area contributed by atoms with Gasteiger partial charge in [0.05, 0.1) is 0 Å². The number of amides is 1. The van der Waals surface area contributed by atoms with E-state index in [1.807, 2.05) is 25.3 Å². The zero-order chi connectivity index (χ0) is 13.8. The Labute approximate surface area is 116 Å². The fourth-order valence-electron chi connectivity index (χ4n) is 1.91. The Balaban J connectivity index is 2.00. The van der Waals surface area contributed by atoms with Crippen molar-refractivity contribution in [2.75, 3.05) is 5.73 Å². The fourth-order valence-corrected chi connectivity index (χ4v) is 2.75. The van der Waals surface area contributed by atoms with Gasteiger partial charge >= 0.3 is 0 Å². The first-order chi connectivity index (χ1) is 9.04. The molecule has 4 nitrogen and oxygen atoms in total. The van der Waals surface area contributed by atoms with Gasteiger partial charge < -0.3 is 11.1 Å². The summed E-state index contributed by atoms with van der Waals surface area (Å²) in [6.45, 7) is 3.82. The molecular weight excluding hydrogens is 258 g/mol. The standard InChI is InChI=1S/C14H17N3OS/c1-9-6-11(8-13(15)16-9)14(18)17-10(2)7-12-4-3-5-19-12/h3-6,8,10H,7H2,1-2H3,(H2,15,16)(H,17,18). The van der Waals surface area contributed by atoms with Gasteiger partial charge in [-0.2, -0.15) is 0 Å². The zero-order valence-corrected chi connectivity index (χ0v) is 11.8. The molecule has 0 aliphatic heterocycles. The highest BCUT2D eigenvalue weighted by atomic mass is 32.1. The van der Waals surface area contributed by atoms with E-state index in [0.717, 1.165) is 12.1 Å². The molecule has 0 saturated carbocycles. The number of carbonyl (C=O) groups excluding carboxylic acids is 1. The van der Waals surface area contributed by atoms with Crippen LogP contribution in [0, 0.1) is 6.92 Å². The van der Waals surface area contributed by atoms with Gasteiger partial charge in [0.2, 0.25) is 0 Å². The number of thiophene rings is 1. The van der Waals surface area contributed by atoms with Crippen molar-refractivity contribution in [3.63, 3.8) is 0 Å². The molecule has 0 radical (unpaired) electrons. The second-order valence-corrected chi connectivity index (χ2v) is 5.61. The number of hydrogen-bond donors (Lipinski definition) is 2. The number of anilines is 1. The largest absolute Gasteiger partial charge is 0.384 e. The van der Waals surface area contributed by atoms with Gasteiger partial charge in [-0.05, 0) is 37.4 Å². The molecule has 100 valence electrons. The van der Waals surface area contributed by atoms with E-state index in [0.29, 0.717) is 11.4 Å². The lowest BCUT2D eigenvalue weighted by Crippen LogP contribution is -2.34. The van der Waals surface area contributed by atoms with Crippen LogP contribution in [0.4, 0.5) is 5.82 Å². The average molecular weight is 275 g/mol. The van der Waals surface area contributed by atoms with Crippen molar-refractivity contribution >= 4 is 23.1 Å². The molecule has 2 aromatic rings. The first-order valence-electron chi connectivity index (χ1n) is 6.12. The first kappa shape index (κ1) is 13.5. The molecule has 0 aliphatic carbocycles. The van der Waals surface area contributed by atoms with E-state index in [1.54, 1.807) is 23.5 Å². The number of pyridine rings is 1. The monoisotopic (exact) mass is 275 g/mol. The maximum Gasteiger partial charge on any atom is 0.251 e. The zero-order valence-electron chi connectivity index (χ0n) is 11.0. The van der Waals surface area contributed by atoms with Gasteiger partial charge in [0.15, 0.2) is 0 Å². The lowest BCUT2D eigenvalue weighted by Gasteiger charge is -2.13. The van der Waals surface area contributed by atoms with E-state index in [4.69, 9.17) is 5.73 Å². The topological polar surface area (TPSA) is 68.0 Å². The number of nitrogens with zero attached hydrogens (tertiary/aromatic N) is 1. The maximum absolute atomic E-state index is 12.1. The molecule has 2 heterocycles. The minimum Gasteiger partial charge on any atom is -0.384 e. The van der Waals surface area contributed by atoms with Crippen LogP contribution < -0.4 is 11.1 Å².